The van der Waals surface area contributed by atoms with E-state index in [1.165, 1.54) is 6.42 Å². The van der Waals surface area contributed by atoms with E-state index in [-0.39, 0.29) is 6.04 Å². The molecule has 29 heavy (non-hydrogen) atoms. The van der Waals surface area contributed by atoms with Crippen LogP contribution in [-0.2, 0) is 26.0 Å². The van der Waals surface area contributed by atoms with E-state index in [1.54, 1.807) is 28.6 Å². The topological polar surface area (TPSA) is 95.6 Å². The van der Waals surface area contributed by atoms with Gasteiger partial charge < -0.3 is 10.6 Å². The van der Waals surface area contributed by atoms with E-state index in [9.17, 15) is 18.0 Å². The number of piperidine rings is 1. The predicted molar refractivity (Wildman–Crippen MR) is 111 cm³/mol. The molecule has 2 amide bonds. The summed E-state index contributed by atoms with van der Waals surface area (Å²) in [5, 5.41) is 5.44. The number of carbonyl (C=O) groups is 2. The average molecular weight is 422 g/mol. The lowest BCUT2D eigenvalue weighted by molar-refractivity contribution is -0.139. The quantitative estimate of drug-likeness (QED) is 0.687. The third kappa shape index (κ3) is 6.02. The Bertz CT molecular complexity index is 796. The van der Waals surface area contributed by atoms with Gasteiger partial charge in [0.15, 0.2) is 0 Å². The zero-order chi connectivity index (χ0) is 20.7. The third-order valence-electron chi connectivity index (χ3n) is 5.72. The van der Waals surface area contributed by atoms with Crippen molar-refractivity contribution in [1.82, 2.24) is 14.9 Å². The lowest BCUT2D eigenvalue weighted by Crippen LogP contribution is -2.45. The zero-order valence-corrected chi connectivity index (χ0v) is 17.7. The van der Waals surface area contributed by atoms with Crippen molar-refractivity contribution < 1.29 is 18.0 Å². The van der Waals surface area contributed by atoms with Crippen LogP contribution in [0, 0.1) is 0 Å². The highest BCUT2D eigenvalue weighted by atomic mass is 32.2. The van der Waals surface area contributed by atoms with Crippen LogP contribution < -0.4 is 10.6 Å². The van der Waals surface area contributed by atoms with Crippen LogP contribution in [0.15, 0.2) is 29.2 Å². The first-order valence-corrected chi connectivity index (χ1v) is 12.1. The molecule has 2 fully saturated rings. The van der Waals surface area contributed by atoms with Crippen LogP contribution in [0.2, 0.25) is 0 Å². The first kappa shape index (κ1) is 21.8. The van der Waals surface area contributed by atoms with Crippen molar-refractivity contribution in [3.05, 3.63) is 29.8 Å². The van der Waals surface area contributed by atoms with Gasteiger partial charge in [-0.1, -0.05) is 37.8 Å². The molecule has 0 aromatic heterocycles. The minimum atomic E-state index is -3.43. The number of hydrogen-bond donors (Lipinski definition) is 2. The number of sulfonamides is 1. The molecule has 7 nitrogen and oxygen atoms in total. The molecule has 1 aliphatic carbocycles. The monoisotopic (exact) mass is 421 g/mol. The second kappa shape index (κ2) is 10.2. The predicted octanol–water partition coefficient (Wildman–Crippen LogP) is 1.97. The van der Waals surface area contributed by atoms with Gasteiger partial charge in [0.05, 0.1) is 4.90 Å². The number of nitrogens with zero attached hydrogens (tertiary/aromatic N) is 1. The molecule has 2 aliphatic rings. The maximum absolute atomic E-state index is 12.7. The molecule has 3 rings (SSSR count). The maximum atomic E-state index is 12.7. The highest BCUT2D eigenvalue weighted by Crippen LogP contribution is 2.21. The van der Waals surface area contributed by atoms with E-state index in [4.69, 9.17) is 0 Å². The molecule has 8 heteroatoms. The molecule has 1 aromatic rings. The fourth-order valence-electron chi connectivity index (χ4n) is 3.98. The second-order valence-electron chi connectivity index (χ2n) is 7.92. The molecule has 160 valence electrons. The molecule has 0 bridgehead atoms. The normalized spacial score (nSPS) is 18.9. The van der Waals surface area contributed by atoms with E-state index < -0.39 is 21.8 Å². The Hall–Kier alpha value is -1.93. The summed E-state index contributed by atoms with van der Waals surface area (Å²) in [6.07, 6.45) is 8.68. The fraction of sp³-hybridized carbons (Fsp3) is 0.619. The van der Waals surface area contributed by atoms with Crippen LogP contribution in [-0.4, -0.2) is 50.2 Å². The first-order chi connectivity index (χ1) is 14.0. The fourth-order valence-corrected chi connectivity index (χ4v) is 5.50. The van der Waals surface area contributed by atoms with Crippen LogP contribution in [0.5, 0.6) is 0 Å². The molecular formula is C21H31N3O4S. The van der Waals surface area contributed by atoms with Crippen LogP contribution in [0.4, 0.5) is 0 Å². The number of carbonyl (C=O) groups excluding carboxylic acids is 2. The Balaban J connectivity index is 1.45. The molecule has 1 heterocycles. The Morgan fingerprint density at radius 3 is 2.17 bits per heavy atom. The molecule has 0 radical (unpaired) electrons. The van der Waals surface area contributed by atoms with E-state index in [0.29, 0.717) is 31.0 Å². The molecule has 0 unspecified atom stereocenters. The SMILES string of the molecule is O=C(NCCc1ccc(S(=O)(=O)N2CCCCC2)cc1)C(=O)NC1CCCCC1. The molecule has 1 saturated carbocycles. The van der Waals surface area contributed by atoms with Crippen molar-refractivity contribution in [3.63, 3.8) is 0 Å². The van der Waals surface area contributed by atoms with Crippen molar-refractivity contribution in [2.24, 2.45) is 0 Å². The summed E-state index contributed by atoms with van der Waals surface area (Å²) in [5.74, 6) is -1.18. The van der Waals surface area contributed by atoms with Crippen molar-refractivity contribution in [2.75, 3.05) is 19.6 Å². The smallest absolute Gasteiger partial charge is 0.309 e. The Kier molecular flexibility index (Phi) is 7.66. The van der Waals surface area contributed by atoms with Gasteiger partial charge in [-0.15, -0.1) is 0 Å². The van der Waals surface area contributed by atoms with E-state index in [1.807, 2.05) is 0 Å². The maximum Gasteiger partial charge on any atom is 0.309 e. The summed E-state index contributed by atoms with van der Waals surface area (Å²) in [6, 6.07) is 6.89. The number of nitrogens with one attached hydrogen (secondary N) is 2. The zero-order valence-electron chi connectivity index (χ0n) is 16.9. The van der Waals surface area contributed by atoms with E-state index in [0.717, 1.165) is 50.5 Å². The second-order valence-corrected chi connectivity index (χ2v) is 9.86. The third-order valence-corrected chi connectivity index (χ3v) is 7.63. The Labute approximate surface area is 173 Å². The van der Waals surface area contributed by atoms with Gasteiger partial charge in [-0.2, -0.15) is 4.31 Å². The molecule has 1 aliphatic heterocycles. The molecule has 1 aromatic carbocycles. The van der Waals surface area contributed by atoms with Crippen molar-refractivity contribution >= 4 is 21.8 Å². The average Bonchev–Trinajstić information content (AvgIpc) is 2.75. The van der Waals surface area contributed by atoms with Gasteiger partial charge in [-0.3, -0.25) is 9.59 Å². The van der Waals surface area contributed by atoms with Gasteiger partial charge in [0.1, 0.15) is 0 Å². The molecule has 0 atom stereocenters. The van der Waals surface area contributed by atoms with Crippen LogP contribution in [0.1, 0.15) is 56.9 Å². The summed E-state index contributed by atoms with van der Waals surface area (Å²) in [7, 11) is -3.43. The minimum absolute atomic E-state index is 0.108. The number of hydrogen-bond acceptors (Lipinski definition) is 4. The van der Waals surface area contributed by atoms with Crippen LogP contribution >= 0.6 is 0 Å². The highest BCUT2D eigenvalue weighted by molar-refractivity contribution is 7.89. The van der Waals surface area contributed by atoms with Gasteiger partial charge in [0, 0.05) is 25.7 Å². The summed E-state index contributed by atoms with van der Waals surface area (Å²) in [4.78, 5) is 24.2. The summed E-state index contributed by atoms with van der Waals surface area (Å²) in [5.41, 5.74) is 0.913. The summed E-state index contributed by atoms with van der Waals surface area (Å²) < 4.78 is 26.9. The number of rotatable bonds is 6. The molecule has 0 spiro atoms. The van der Waals surface area contributed by atoms with Crippen molar-refractivity contribution in [1.29, 1.82) is 0 Å². The Morgan fingerprint density at radius 2 is 1.52 bits per heavy atom. The minimum Gasteiger partial charge on any atom is -0.348 e. The van der Waals surface area contributed by atoms with Crippen molar-refractivity contribution in [2.45, 2.75) is 68.7 Å². The molecular weight excluding hydrogens is 390 g/mol. The first-order valence-electron chi connectivity index (χ1n) is 10.6. The van der Waals surface area contributed by atoms with Gasteiger partial charge in [-0.25, -0.2) is 8.42 Å². The molecule has 2 N–H and O–H groups in total. The highest BCUT2D eigenvalue weighted by Gasteiger charge is 2.25. The van der Waals surface area contributed by atoms with Gasteiger partial charge in [0.2, 0.25) is 10.0 Å². The molecule has 1 saturated heterocycles. The van der Waals surface area contributed by atoms with Crippen LogP contribution in [0.25, 0.3) is 0 Å². The van der Waals surface area contributed by atoms with Gasteiger partial charge >= 0.3 is 11.8 Å². The number of benzene rings is 1. The lowest BCUT2D eigenvalue weighted by atomic mass is 9.95. The standard InChI is InChI=1S/C21H31N3O4S/c25-20(21(26)23-18-7-3-1-4-8-18)22-14-13-17-9-11-19(12-10-17)29(27,28)24-15-5-2-6-16-24/h9-12,18H,1-8,13-16H2,(H,22,25)(H,23,26). The van der Waals surface area contributed by atoms with E-state index in [2.05, 4.69) is 10.6 Å². The van der Waals surface area contributed by atoms with E-state index >= 15 is 0 Å². The van der Waals surface area contributed by atoms with Crippen LogP contribution in [0.3, 0.4) is 0 Å². The Morgan fingerprint density at radius 1 is 0.897 bits per heavy atom. The lowest BCUT2D eigenvalue weighted by Gasteiger charge is -2.25. The number of amides is 2. The van der Waals surface area contributed by atoms with Gasteiger partial charge in [0.25, 0.3) is 0 Å². The largest absolute Gasteiger partial charge is 0.348 e. The van der Waals surface area contributed by atoms with Gasteiger partial charge in [-0.05, 0) is 49.8 Å². The summed E-state index contributed by atoms with van der Waals surface area (Å²) >= 11 is 0. The summed E-state index contributed by atoms with van der Waals surface area (Å²) in [6.45, 7) is 1.49. The van der Waals surface area contributed by atoms with Crippen molar-refractivity contribution in [3.8, 4) is 0 Å².